The predicted molar refractivity (Wildman–Crippen MR) is 89.7 cm³/mol. The van der Waals surface area contributed by atoms with Crippen LogP contribution in [0.15, 0.2) is 52.2 Å². The zero-order chi connectivity index (χ0) is 13.8. The van der Waals surface area contributed by atoms with Crippen molar-refractivity contribution < 1.29 is 0 Å². The molecule has 2 aromatic rings. The first-order chi connectivity index (χ1) is 9.81. The second kappa shape index (κ2) is 6.46. The van der Waals surface area contributed by atoms with Crippen molar-refractivity contribution in [3.63, 3.8) is 0 Å². The topological polar surface area (TPSA) is 24.4 Å². The van der Waals surface area contributed by atoms with E-state index in [1.165, 1.54) is 11.1 Å². The van der Waals surface area contributed by atoms with Crippen LogP contribution in [0.5, 0.6) is 0 Å². The van der Waals surface area contributed by atoms with Gasteiger partial charge in [0, 0.05) is 6.04 Å². The number of hydrogen-bond donors (Lipinski definition) is 1. The standard InChI is InChI=1S/C16H18N2S2/c1-12(9-13-7-8-19-11-13)18-16-17-10-15(20-16)14-5-3-2-4-6-14/h2-8,11-12,15H,9-10H2,1H3,(H,17,18). The lowest BCUT2D eigenvalue weighted by molar-refractivity contribution is 0.666. The Balaban J connectivity index is 1.52. The summed E-state index contributed by atoms with van der Waals surface area (Å²) in [5.74, 6) is 0. The number of amidine groups is 1. The molecule has 2 heterocycles. The Labute approximate surface area is 128 Å². The molecule has 0 saturated carbocycles. The van der Waals surface area contributed by atoms with E-state index >= 15 is 0 Å². The number of thioether (sulfide) groups is 1. The summed E-state index contributed by atoms with van der Waals surface area (Å²) in [6.07, 6.45) is 1.05. The molecule has 0 amide bonds. The highest BCUT2D eigenvalue weighted by Crippen LogP contribution is 2.34. The first kappa shape index (κ1) is 13.7. The normalized spacial score (nSPS) is 19.6. The van der Waals surface area contributed by atoms with Gasteiger partial charge in [0.1, 0.15) is 0 Å². The van der Waals surface area contributed by atoms with Crippen LogP contribution in [0.1, 0.15) is 23.3 Å². The van der Waals surface area contributed by atoms with E-state index in [1.54, 1.807) is 11.3 Å². The second-order valence-corrected chi connectivity index (χ2v) is 7.02. The summed E-state index contributed by atoms with van der Waals surface area (Å²) in [6.45, 7) is 3.10. The Hall–Kier alpha value is -1.26. The molecular formula is C16H18N2S2. The maximum Gasteiger partial charge on any atom is 0.157 e. The molecule has 4 heteroatoms. The Morgan fingerprint density at radius 1 is 1.30 bits per heavy atom. The van der Waals surface area contributed by atoms with E-state index in [9.17, 15) is 0 Å². The lowest BCUT2D eigenvalue weighted by Crippen LogP contribution is -2.31. The molecule has 0 radical (unpaired) electrons. The van der Waals surface area contributed by atoms with Crippen LogP contribution in [-0.4, -0.2) is 17.8 Å². The van der Waals surface area contributed by atoms with Gasteiger partial charge < -0.3 is 5.32 Å². The molecule has 0 spiro atoms. The molecule has 104 valence electrons. The van der Waals surface area contributed by atoms with Crippen LogP contribution < -0.4 is 5.32 Å². The monoisotopic (exact) mass is 302 g/mol. The van der Waals surface area contributed by atoms with E-state index in [2.05, 4.69) is 64.4 Å². The highest BCUT2D eigenvalue weighted by molar-refractivity contribution is 8.14. The highest BCUT2D eigenvalue weighted by atomic mass is 32.2. The largest absolute Gasteiger partial charge is 0.362 e. The molecule has 1 aromatic heterocycles. The van der Waals surface area contributed by atoms with Crippen molar-refractivity contribution in [2.45, 2.75) is 24.6 Å². The molecule has 2 atom stereocenters. The van der Waals surface area contributed by atoms with Crippen LogP contribution in [0.25, 0.3) is 0 Å². The van der Waals surface area contributed by atoms with Crippen molar-refractivity contribution in [3.8, 4) is 0 Å². The minimum atomic E-state index is 0.422. The molecule has 20 heavy (non-hydrogen) atoms. The summed E-state index contributed by atoms with van der Waals surface area (Å²) in [4.78, 5) is 4.63. The van der Waals surface area contributed by atoms with E-state index < -0.39 is 0 Å². The number of nitrogens with zero attached hydrogens (tertiary/aromatic N) is 1. The van der Waals surface area contributed by atoms with Crippen molar-refractivity contribution in [1.29, 1.82) is 0 Å². The van der Waals surface area contributed by atoms with Crippen molar-refractivity contribution >= 4 is 28.3 Å². The first-order valence-corrected chi connectivity index (χ1v) is 8.67. The fourth-order valence-electron chi connectivity index (χ4n) is 2.32. The number of aliphatic imine (C=N–C) groups is 1. The van der Waals surface area contributed by atoms with Gasteiger partial charge in [-0.2, -0.15) is 11.3 Å². The molecule has 0 aliphatic carbocycles. The smallest absolute Gasteiger partial charge is 0.157 e. The van der Waals surface area contributed by atoms with Gasteiger partial charge in [0.2, 0.25) is 0 Å². The maximum absolute atomic E-state index is 4.63. The fourth-order valence-corrected chi connectivity index (χ4v) is 4.13. The summed E-state index contributed by atoms with van der Waals surface area (Å²) < 4.78 is 0. The Morgan fingerprint density at radius 3 is 2.90 bits per heavy atom. The number of rotatable bonds is 4. The summed E-state index contributed by atoms with van der Waals surface area (Å²) in [5, 5.41) is 9.44. The predicted octanol–water partition coefficient (Wildman–Crippen LogP) is 4.11. The number of nitrogens with one attached hydrogen (secondary N) is 1. The number of benzene rings is 1. The van der Waals surface area contributed by atoms with Gasteiger partial charge in [0.15, 0.2) is 5.17 Å². The van der Waals surface area contributed by atoms with Gasteiger partial charge >= 0.3 is 0 Å². The van der Waals surface area contributed by atoms with Crippen LogP contribution in [0.2, 0.25) is 0 Å². The zero-order valence-electron chi connectivity index (χ0n) is 11.5. The Bertz CT molecular complexity index is 563. The van der Waals surface area contributed by atoms with Crippen LogP contribution in [0.4, 0.5) is 0 Å². The van der Waals surface area contributed by atoms with Gasteiger partial charge in [-0.1, -0.05) is 42.1 Å². The quantitative estimate of drug-likeness (QED) is 0.919. The van der Waals surface area contributed by atoms with Crippen molar-refractivity contribution in [2.75, 3.05) is 6.54 Å². The minimum absolute atomic E-state index is 0.422. The molecule has 3 rings (SSSR count). The second-order valence-electron chi connectivity index (χ2n) is 5.04. The summed E-state index contributed by atoms with van der Waals surface area (Å²) in [6, 6.07) is 13.2. The van der Waals surface area contributed by atoms with E-state index in [0.29, 0.717) is 11.3 Å². The van der Waals surface area contributed by atoms with Crippen LogP contribution >= 0.6 is 23.1 Å². The number of thiophene rings is 1. The van der Waals surface area contributed by atoms with Gasteiger partial charge in [0.05, 0.1) is 11.8 Å². The Morgan fingerprint density at radius 2 is 2.15 bits per heavy atom. The fraction of sp³-hybridized carbons (Fsp3) is 0.312. The molecule has 1 N–H and O–H groups in total. The van der Waals surface area contributed by atoms with Crippen LogP contribution in [-0.2, 0) is 6.42 Å². The SMILES string of the molecule is CC(Cc1ccsc1)NC1=NCC(c2ccccc2)S1. The average molecular weight is 302 g/mol. The molecule has 2 nitrogen and oxygen atoms in total. The molecular weight excluding hydrogens is 284 g/mol. The van der Waals surface area contributed by atoms with Crippen LogP contribution in [0, 0.1) is 0 Å². The lowest BCUT2D eigenvalue weighted by Gasteiger charge is -2.14. The molecule has 1 aliphatic rings. The molecule has 1 aromatic carbocycles. The van der Waals surface area contributed by atoms with Crippen molar-refractivity contribution in [3.05, 3.63) is 58.3 Å². The average Bonchev–Trinajstić information content (AvgIpc) is 3.11. The van der Waals surface area contributed by atoms with Gasteiger partial charge in [0.25, 0.3) is 0 Å². The third-order valence-electron chi connectivity index (χ3n) is 3.32. The van der Waals surface area contributed by atoms with Gasteiger partial charge in [-0.25, -0.2) is 0 Å². The van der Waals surface area contributed by atoms with E-state index in [0.717, 1.165) is 18.1 Å². The molecule has 0 bridgehead atoms. The third kappa shape index (κ3) is 3.44. The molecule has 0 saturated heterocycles. The summed E-state index contributed by atoms with van der Waals surface area (Å²) >= 11 is 3.60. The van der Waals surface area contributed by atoms with E-state index in [1.807, 2.05) is 11.8 Å². The zero-order valence-corrected chi connectivity index (χ0v) is 13.1. The van der Waals surface area contributed by atoms with Gasteiger partial charge in [-0.3, -0.25) is 4.99 Å². The third-order valence-corrected chi connectivity index (χ3v) is 5.23. The van der Waals surface area contributed by atoms with Gasteiger partial charge in [-0.15, -0.1) is 0 Å². The van der Waals surface area contributed by atoms with E-state index in [-0.39, 0.29) is 0 Å². The Kier molecular flexibility index (Phi) is 4.43. The highest BCUT2D eigenvalue weighted by Gasteiger charge is 2.22. The lowest BCUT2D eigenvalue weighted by atomic mass is 10.1. The van der Waals surface area contributed by atoms with Crippen molar-refractivity contribution in [2.24, 2.45) is 4.99 Å². The van der Waals surface area contributed by atoms with Crippen LogP contribution in [0.3, 0.4) is 0 Å². The summed E-state index contributed by atoms with van der Waals surface area (Å²) in [5.41, 5.74) is 2.77. The van der Waals surface area contributed by atoms with E-state index in [4.69, 9.17) is 0 Å². The summed E-state index contributed by atoms with van der Waals surface area (Å²) in [7, 11) is 0. The van der Waals surface area contributed by atoms with Crippen molar-refractivity contribution in [1.82, 2.24) is 5.32 Å². The molecule has 1 aliphatic heterocycles. The minimum Gasteiger partial charge on any atom is -0.362 e. The first-order valence-electron chi connectivity index (χ1n) is 6.85. The number of hydrogen-bond acceptors (Lipinski definition) is 4. The molecule has 2 unspecified atom stereocenters. The maximum atomic E-state index is 4.63. The molecule has 0 fully saturated rings. The van der Waals surface area contributed by atoms with Gasteiger partial charge in [-0.05, 0) is 41.3 Å².